The molecule has 2 saturated heterocycles. The molecule has 0 unspecified atom stereocenters. The van der Waals surface area contributed by atoms with E-state index in [-0.39, 0.29) is 17.3 Å². The fourth-order valence-corrected chi connectivity index (χ4v) is 5.62. The SMILES string of the molecule is Fc1cccc(CC2CCNCC2)c1.O=[N+]([O-])c1ccc(N2CCC(Cc3cccc(F)c3)CC2)c(Cl)c1. The average molecular weight is 542 g/mol. The van der Waals surface area contributed by atoms with Crippen molar-refractivity contribution in [2.75, 3.05) is 31.1 Å². The van der Waals surface area contributed by atoms with Crippen LogP contribution in [0.25, 0.3) is 0 Å². The summed E-state index contributed by atoms with van der Waals surface area (Å²) in [5.41, 5.74) is 3.01. The number of anilines is 1. The number of non-ortho nitro benzene ring substituents is 1. The molecule has 0 spiro atoms. The lowest BCUT2D eigenvalue weighted by Crippen LogP contribution is -2.34. The maximum Gasteiger partial charge on any atom is 0.271 e. The lowest BCUT2D eigenvalue weighted by Gasteiger charge is -2.34. The molecule has 3 aromatic carbocycles. The monoisotopic (exact) mass is 541 g/mol. The van der Waals surface area contributed by atoms with Crippen LogP contribution in [0.1, 0.15) is 36.8 Å². The zero-order chi connectivity index (χ0) is 26.9. The van der Waals surface area contributed by atoms with Gasteiger partial charge in [0.1, 0.15) is 11.6 Å². The summed E-state index contributed by atoms with van der Waals surface area (Å²) in [6.07, 6.45) is 6.32. The topological polar surface area (TPSA) is 58.4 Å². The number of nitrogens with one attached hydrogen (secondary N) is 1. The third kappa shape index (κ3) is 8.23. The smallest absolute Gasteiger partial charge is 0.271 e. The van der Waals surface area contributed by atoms with Crippen LogP contribution < -0.4 is 10.2 Å². The van der Waals surface area contributed by atoms with E-state index in [1.165, 1.54) is 37.1 Å². The second kappa shape index (κ2) is 13.7. The third-order valence-corrected chi connectivity index (χ3v) is 7.69. The number of nitro groups is 1. The first-order valence-electron chi connectivity index (χ1n) is 13.3. The highest BCUT2D eigenvalue weighted by atomic mass is 35.5. The number of benzene rings is 3. The van der Waals surface area contributed by atoms with Crippen LogP contribution >= 0.6 is 11.6 Å². The predicted octanol–water partition coefficient (Wildman–Crippen LogP) is 7.21. The first-order valence-corrected chi connectivity index (χ1v) is 13.6. The van der Waals surface area contributed by atoms with E-state index in [1.807, 2.05) is 12.1 Å². The molecule has 2 heterocycles. The van der Waals surface area contributed by atoms with Gasteiger partial charge in [0.05, 0.1) is 15.6 Å². The zero-order valence-corrected chi connectivity index (χ0v) is 22.2. The Morgan fingerprint density at radius 1 is 0.842 bits per heavy atom. The van der Waals surface area contributed by atoms with Crippen LogP contribution in [0.4, 0.5) is 20.2 Å². The number of piperidine rings is 2. The normalized spacial score (nSPS) is 16.6. The summed E-state index contributed by atoms with van der Waals surface area (Å²) < 4.78 is 26.2. The minimum absolute atomic E-state index is 0.00439. The van der Waals surface area contributed by atoms with Crippen molar-refractivity contribution in [3.8, 4) is 0 Å². The first kappa shape index (κ1) is 28.0. The minimum atomic E-state index is -0.444. The molecule has 1 N–H and O–H groups in total. The van der Waals surface area contributed by atoms with E-state index in [1.54, 1.807) is 30.3 Å². The van der Waals surface area contributed by atoms with Crippen LogP contribution in [0.15, 0.2) is 66.7 Å². The molecule has 3 aromatic rings. The van der Waals surface area contributed by atoms with Crippen LogP contribution in [-0.2, 0) is 12.8 Å². The lowest BCUT2D eigenvalue weighted by atomic mass is 9.90. The Bertz CT molecular complexity index is 1210. The highest BCUT2D eigenvalue weighted by molar-refractivity contribution is 6.33. The third-order valence-electron chi connectivity index (χ3n) is 7.38. The van der Waals surface area contributed by atoms with Gasteiger partial charge in [-0.15, -0.1) is 0 Å². The molecule has 0 aromatic heterocycles. The molecule has 2 aliphatic heterocycles. The van der Waals surface area contributed by atoms with Crippen LogP contribution in [-0.4, -0.2) is 31.1 Å². The summed E-state index contributed by atoms with van der Waals surface area (Å²) in [4.78, 5) is 12.5. The average Bonchev–Trinajstić information content (AvgIpc) is 2.90. The van der Waals surface area contributed by atoms with Gasteiger partial charge in [0.2, 0.25) is 0 Å². The Kier molecular flexibility index (Phi) is 10.1. The van der Waals surface area contributed by atoms with Gasteiger partial charge >= 0.3 is 0 Å². The molecule has 0 bridgehead atoms. The van der Waals surface area contributed by atoms with Crippen LogP contribution in [0.2, 0.25) is 5.02 Å². The van der Waals surface area contributed by atoms with Crippen molar-refractivity contribution < 1.29 is 13.7 Å². The van der Waals surface area contributed by atoms with E-state index < -0.39 is 4.92 Å². The number of hydrogen-bond donors (Lipinski definition) is 1. The van der Waals surface area contributed by atoms with Crippen molar-refractivity contribution in [3.05, 3.63) is 105 Å². The van der Waals surface area contributed by atoms with Gasteiger partial charge < -0.3 is 10.2 Å². The minimum Gasteiger partial charge on any atom is -0.370 e. The highest BCUT2D eigenvalue weighted by Gasteiger charge is 2.22. The largest absolute Gasteiger partial charge is 0.370 e. The van der Waals surface area contributed by atoms with Gasteiger partial charge in [0.25, 0.3) is 5.69 Å². The highest BCUT2D eigenvalue weighted by Crippen LogP contribution is 2.33. The Morgan fingerprint density at radius 3 is 1.89 bits per heavy atom. The Hall–Kier alpha value is -3.03. The maximum absolute atomic E-state index is 13.3. The van der Waals surface area contributed by atoms with E-state index in [0.717, 1.165) is 74.6 Å². The van der Waals surface area contributed by atoms with Crippen LogP contribution in [0.5, 0.6) is 0 Å². The number of rotatable bonds is 6. The molecule has 202 valence electrons. The number of nitro benzene ring substituents is 1. The molecule has 0 saturated carbocycles. The molecule has 5 nitrogen and oxygen atoms in total. The Morgan fingerprint density at radius 2 is 1.39 bits per heavy atom. The second-order valence-electron chi connectivity index (χ2n) is 10.2. The number of hydrogen-bond acceptors (Lipinski definition) is 4. The van der Waals surface area contributed by atoms with Gasteiger partial charge in [-0.25, -0.2) is 8.78 Å². The summed E-state index contributed by atoms with van der Waals surface area (Å²) >= 11 is 6.20. The molecule has 0 radical (unpaired) electrons. The predicted molar refractivity (Wildman–Crippen MR) is 149 cm³/mol. The lowest BCUT2D eigenvalue weighted by molar-refractivity contribution is -0.384. The van der Waals surface area contributed by atoms with Gasteiger partial charge in [-0.1, -0.05) is 35.9 Å². The summed E-state index contributed by atoms with van der Waals surface area (Å²) in [6, 6.07) is 18.3. The molecule has 0 amide bonds. The van der Waals surface area contributed by atoms with Crippen molar-refractivity contribution in [2.24, 2.45) is 11.8 Å². The van der Waals surface area contributed by atoms with Crippen LogP contribution in [0, 0.1) is 33.6 Å². The van der Waals surface area contributed by atoms with Crippen molar-refractivity contribution in [3.63, 3.8) is 0 Å². The van der Waals surface area contributed by atoms with Crippen LogP contribution in [0.3, 0.4) is 0 Å². The van der Waals surface area contributed by atoms with Gasteiger partial charge in [0, 0.05) is 25.2 Å². The Labute approximate surface area is 228 Å². The van der Waals surface area contributed by atoms with Crippen molar-refractivity contribution in [1.29, 1.82) is 0 Å². The van der Waals surface area contributed by atoms with Gasteiger partial charge in [-0.2, -0.15) is 0 Å². The molecule has 0 atom stereocenters. The Balaban J connectivity index is 0.000000204. The number of halogens is 3. The fraction of sp³-hybridized carbons (Fsp3) is 0.400. The maximum atomic E-state index is 13.3. The molecular formula is C30H34ClF2N3O2. The van der Waals surface area contributed by atoms with Gasteiger partial charge in [-0.3, -0.25) is 10.1 Å². The van der Waals surface area contributed by atoms with Gasteiger partial charge in [-0.05, 0) is 105 Å². The van der Waals surface area contributed by atoms with E-state index >= 15 is 0 Å². The quantitative estimate of drug-likeness (QED) is 0.264. The standard InChI is InChI=1S/C18H18ClFN2O2.C12H16FN/c19-17-12-16(22(23)24)4-5-18(17)21-8-6-13(7-9-21)10-14-2-1-3-15(20)11-14;13-12-3-1-2-11(9-12)8-10-4-6-14-7-5-10/h1-5,11-13H,6-10H2;1-3,9-10,14H,4-8H2. The summed E-state index contributed by atoms with van der Waals surface area (Å²) in [5, 5.41) is 14.5. The van der Waals surface area contributed by atoms with Crippen molar-refractivity contribution in [2.45, 2.75) is 38.5 Å². The van der Waals surface area contributed by atoms with Crippen molar-refractivity contribution in [1.82, 2.24) is 5.32 Å². The summed E-state index contributed by atoms with van der Waals surface area (Å²) in [6.45, 7) is 3.91. The van der Waals surface area contributed by atoms with E-state index in [4.69, 9.17) is 11.6 Å². The summed E-state index contributed by atoms with van der Waals surface area (Å²) in [5.74, 6) is 0.942. The summed E-state index contributed by atoms with van der Waals surface area (Å²) in [7, 11) is 0. The second-order valence-corrected chi connectivity index (χ2v) is 10.6. The zero-order valence-electron chi connectivity index (χ0n) is 21.4. The van der Waals surface area contributed by atoms with Crippen molar-refractivity contribution >= 4 is 23.0 Å². The van der Waals surface area contributed by atoms with Gasteiger partial charge in [0.15, 0.2) is 0 Å². The molecule has 0 aliphatic carbocycles. The molecule has 2 fully saturated rings. The molecule has 8 heteroatoms. The fourth-order valence-electron chi connectivity index (χ4n) is 5.32. The van der Waals surface area contributed by atoms with E-state index in [9.17, 15) is 18.9 Å². The number of nitrogens with zero attached hydrogens (tertiary/aromatic N) is 2. The first-order chi connectivity index (χ1) is 18.4. The van der Waals surface area contributed by atoms with E-state index in [2.05, 4.69) is 10.2 Å². The van der Waals surface area contributed by atoms with E-state index in [0.29, 0.717) is 10.9 Å². The molecule has 2 aliphatic rings. The molecular weight excluding hydrogens is 508 g/mol. The molecule has 5 rings (SSSR count). The molecule has 38 heavy (non-hydrogen) atoms.